The molecule has 0 N–H and O–H groups in total. The molecule has 0 aliphatic carbocycles. The quantitative estimate of drug-likeness (QED) is 0.505. The van der Waals surface area contributed by atoms with Crippen molar-refractivity contribution in [3.63, 3.8) is 0 Å². The summed E-state index contributed by atoms with van der Waals surface area (Å²) in [5.41, 5.74) is 1.50. The van der Waals surface area contributed by atoms with Crippen LogP contribution in [0, 0.1) is 0 Å². The van der Waals surface area contributed by atoms with E-state index in [1.807, 2.05) is 0 Å². The Morgan fingerprint density at radius 1 is 1.71 bits per heavy atom. The molecule has 0 amide bonds. The monoisotopic (exact) mass is 97.1 g/mol. The number of rotatable bonds is 2. The van der Waals surface area contributed by atoms with Crippen LogP contribution in [0.25, 0.3) is 0 Å². The Hall–Kier alpha value is -0.460. The number of hydrogen-bond donors (Lipinski definition) is 0. The van der Waals surface area contributed by atoms with Crippen molar-refractivity contribution in [3.8, 4) is 0 Å². The maximum Gasteiger partial charge on any atom is 0.0335 e. The molecule has 0 saturated heterocycles. The molecule has 1 nitrogen and oxygen atoms in total. The minimum atomic E-state index is 1.26. The maximum absolute atomic E-state index is 2.20. The summed E-state index contributed by atoms with van der Waals surface area (Å²) in [6.45, 7) is 2.20. The topological polar surface area (TPSA) is 3.01 Å². The van der Waals surface area contributed by atoms with Crippen LogP contribution >= 0.6 is 0 Å². The minimum Gasteiger partial charge on any atom is -0.351 e. The molecule has 0 unspecified atom stereocenters. The van der Waals surface area contributed by atoms with E-state index in [1.165, 1.54) is 18.5 Å². The van der Waals surface area contributed by atoms with Crippen LogP contribution in [0.5, 0.6) is 0 Å². The predicted octanol–water partition coefficient (Wildman–Crippen LogP) is 1.57. The van der Waals surface area contributed by atoms with E-state index in [4.69, 9.17) is 0 Å². The molecule has 40 valence electrons. The van der Waals surface area contributed by atoms with E-state index in [-0.39, 0.29) is 0 Å². The van der Waals surface area contributed by atoms with Gasteiger partial charge in [-0.2, -0.15) is 0 Å². The molecule has 0 fully saturated rings. The Labute approximate surface area is 44.6 Å². The summed E-state index contributed by atoms with van der Waals surface area (Å²) in [5, 5.41) is 0. The molecule has 0 atom stereocenters. The average molecular weight is 97.2 g/mol. The molecule has 0 spiro atoms. The van der Waals surface area contributed by atoms with Crippen LogP contribution in [0.1, 0.15) is 19.8 Å². The van der Waals surface area contributed by atoms with E-state index >= 15 is 0 Å². The fraction of sp³-hybridized carbons (Fsp3) is 0.667. The van der Waals surface area contributed by atoms with Crippen molar-refractivity contribution >= 4 is 0 Å². The summed E-state index contributed by atoms with van der Waals surface area (Å²) >= 11 is 0. The van der Waals surface area contributed by atoms with E-state index in [0.29, 0.717) is 0 Å². The van der Waals surface area contributed by atoms with Crippen LogP contribution in [-0.2, 0) is 0 Å². The number of hydrogen-bond acceptors (Lipinski definition) is 1. The molecular formula is C6H11N. The van der Waals surface area contributed by atoms with Gasteiger partial charge in [-0.15, -0.1) is 0 Å². The van der Waals surface area contributed by atoms with Gasteiger partial charge < -0.3 is 4.90 Å². The van der Waals surface area contributed by atoms with Crippen molar-refractivity contribution in [2.45, 2.75) is 19.8 Å². The third-order valence-corrected chi connectivity index (χ3v) is 1.23. The Bertz CT molecular complexity index is 94.4. The van der Waals surface area contributed by atoms with Gasteiger partial charge >= 0.3 is 0 Å². The van der Waals surface area contributed by atoms with Crippen molar-refractivity contribution in [3.05, 3.63) is 11.9 Å². The lowest BCUT2D eigenvalue weighted by atomic mass is 10.3. The lowest BCUT2D eigenvalue weighted by Gasteiger charge is -1.90. The lowest BCUT2D eigenvalue weighted by Crippen LogP contribution is -1.85. The highest BCUT2D eigenvalue weighted by molar-refractivity contribution is 5.16. The summed E-state index contributed by atoms with van der Waals surface area (Å²) in [4.78, 5) is 2.17. The second-order valence-corrected chi connectivity index (χ2v) is 1.98. The first-order chi connectivity index (χ1) is 3.34. The maximum atomic E-state index is 2.20. The average Bonchev–Trinajstić information content (AvgIpc) is 2.22. The summed E-state index contributed by atoms with van der Waals surface area (Å²) in [6, 6.07) is 0. The van der Waals surface area contributed by atoms with Crippen molar-refractivity contribution < 1.29 is 0 Å². The predicted molar refractivity (Wildman–Crippen MR) is 30.8 cm³/mol. The molecule has 0 aromatic heterocycles. The second-order valence-electron chi connectivity index (χ2n) is 1.98. The van der Waals surface area contributed by atoms with Crippen molar-refractivity contribution in [2.75, 3.05) is 7.05 Å². The van der Waals surface area contributed by atoms with Crippen LogP contribution in [-0.4, -0.2) is 11.9 Å². The first-order valence-electron chi connectivity index (χ1n) is 2.78. The van der Waals surface area contributed by atoms with Crippen molar-refractivity contribution in [1.29, 1.82) is 0 Å². The molecule has 0 bridgehead atoms. The highest BCUT2D eigenvalue weighted by atomic mass is 15.2. The van der Waals surface area contributed by atoms with Gasteiger partial charge in [0.25, 0.3) is 0 Å². The lowest BCUT2D eigenvalue weighted by molar-refractivity contribution is 0.676. The molecule has 1 aliphatic rings. The zero-order valence-electron chi connectivity index (χ0n) is 4.94. The van der Waals surface area contributed by atoms with E-state index in [2.05, 4.69) is 25.1 Å². The van der Waals surface area contributed by atoms with Gasteiger partial charge in [0.05, 0.1) is 0 Å². The summed E-state index contributed by atoms with van der Waals surface area (Å²) in [5.74, 6) is 0. The van der Waals surface area contributed by atoms with Gasteiger partial charge in [0.1, 0.15) is 0 Å². The molecule has 0 aromatic carbocycles. The third-order valence-electron chi connectivity index (χ3n) is 1.23. The van der Waals surface area contributed by atoms with Crippen LogP contribution in [0.2, 0.25) is 0 Å². The SMILES string of the molecule is CCCC1=CN1C. The van der Waals surface area contributed by atoms with E-state index < -0.39 is 0 Å². The molecule has 0 saturated carbocycles. The van der Waals surface area contributed by atoms with Crippen molar-refractivity contribution in [1.82, 2.24) is 4.90 Å². The van der Waals surface area contributed by atoms with E-state index in [0.717, 1.165) is 0 Å². The van der Waals surface area contributed by atoms with Gasteiger partial charge in [-0.3, -0.25) is 0 Å². The van der Waals surface area contributed by atoms with Crippen LogP contribution in [0.3, 0.4) is 0 Å². The smallest absolute Gasteiger partial charge is 0.0335 e. The van der Waals surface area contributed by atoms with E-state index in [9.17, 15) is 0 Å². The van der Waals surface area contributed by atoms with Crippen LogP contribution in [0.15, 0.2) is 11.9 Å². The molecule has 1 heterocycles. The van der Waals surface area contributed by atoms with Crippen molar-refractivity contribution in [2.24, 2.45) is 0 Å². The second kappa shape index (κ2) is 1.57. The fourth-order valence-corrected chi connectivity index (χ4v) is 0.692. The number of nitrogens with zero attached hydrogens (tertiary/aromatic N) is 1. The molecule has 0 radical (unpaired) electrons. The molecule has 7 heavy (non-hydrogen) atoms. The standard InChI is InChI=1S/C6H11N/c1-3-4-6-5-7(6)2/h5H,3-4H2,1-2H3. The van der Waals surface area contributed by atoms with E-state index in [1.54, 1.807) is 0 Å². The highest BCUT2D eigenvalue weighted by Crippen LogP contribution is 2.21. The summed E-state index contributed by atoms with van der Waals surface area (Å²) in [6.07, 6.45) is 4.70. The minimum absolute atomic E-state index is 1.26. The molecule has 1 heteroatoms. The first kappa shape index (κ1) is 4.69. The van der Waals surface area contributed by atoms with Gasteiger partial charge in [-0.05, 0) is 6.42 Å². The Morgan fingerprint density at radius 3 is 2.43 bits per heavy atom. The Morgan fingerprint density at radius 2 is 2.29 bits per heavy atom. The third kappa shape index (κ3) is 0.952. The Balaban J connectivity index is 2.09. The fourth-order valence-electron chi connectivity index (χ4n) is 0.692. The zero-order valence-corrected chi connectivity index (χ0v) is 4.94. The molecule has 1 aliphatic heterocycles. The van der Waals surface area contributed by atoms with Gasteiger partial charge in [-0.25, -0.2) is 0 Å². The van der Waals surface area contributed by atoms with Crippen LogP contribution < -0.4 is 0 Å². The number of allylic oxidation sites excluding steroid dienone is 1. The van der Waals surface area contributed by atoms with Gasteiger partial charge in [0.15, 0.2) is 0 Å². The zero-order chi connectivity index (χ0) is 5.28. The van der Waals surface area contributed by atoms with Gasteiger partial charge in [0, 0.05) is 18.9 Å². The highest BCUT2D eigenvalue weighted by Gasteiger charge is 2.11. The molecule has 1 rings (SSSR count). The van der Waals surface area contributed by atoms with Gasteiger partial charge in [0.2, 0.25) is 0 Å². The molecular weight excluding hydrogens is 86.1 g/mol. The normalized spacial score (nSPS) is 16.9. The van der Waals surface area contributed by atoms with Gasteiger partial charge in [-0.1, -0.05) is 13.3 Å². The largest absolute Gasteiger partial charge is 0.351 e. The summed E-state index contributed by atoms with van der Waals surface area (Å²) < 4.78 is 0. The Kier molecular flexibility index (Phi) is 1.05. The first-order valence-corrected chi connectivity index (χ1v) is 2.78. The van der Waals surface area contributed by atoms with Crippen LogP contribution in [0.4, 0.5) is 0 Å². The molecule has 0 aromatic rings. The summed E-state index contributed by atoms with van der Waals surface area (Å²) in [7, 11) is 2.09.